The van der Waals surface area contributed by atoms with Gasteiger partial charge in [0.05, 0.1) is 24.3 Å². The molecule has 0 saturated carbocycles. The van der Waals surface area contributed by atoms with Gasteiger partial charge in [0.1, 0.15) is 53.5 Å². The first kappa shape index (κ1) is 33.2. The number of aliphatic hydroxyl groups excluding tert-OH is 5. The van der Waals surface area contributed by atoms with Crippen LogP contribution in [0.15, 0.2) is 34.7 Å². The summed E-state index contributed by atoms with van der Waals surface area (Å²) in [6.07, 6.45) is -15.7. The number of carbonyl (C=O) groups is 1. The number of phenolic OH excluding ortho intramolecular Hbond substituents is 5. The standard InChI is InChI=1S/C29H32O17/c1-9-20(35)24(39)27(43-10(2)30)29(42-9)41-8-19-22(37)23(38)25(40)28(46-19)45-18-7-13-14(32)5-12(31)6-17(13)44-26(18)11-3-15(33)21(36)16(34)4-11/h3-7,9,19-20,22-25,27-29,35,37-40H,8H2,1-2H3,(H4-,31,32,33,34,36)/p+1. The number of aliphatic hydroxyl groups is 5. The first-order chi connectivity index (χ1) is 21.7. The molecule has 250 valence electrons. The molecule has 2 aliphatic heterocycles. The predicted octanol–water partition coefficient (Wildman–Crippen LogP) is -0.490. The Bertz CT molecular complexity index is 1570. The monoisotopic (exact) mass is 653 g/mol. The van der Waals surface area contributed by atoms with Gasteiger partial charge in [-0.15, -0.1) is 0 Å². The summed E-state index contributed by atoms with van der Waals surface area (Å²) in [7, 11) is 0. The van der Waals surface area contributed by atoms with Gasteiger partial charge in [0.25, 0.3) is 0 Å². The van der Waals surface area contributed by atoms with Crippen molar-refractivity contribution in [1.29, 1.82) is 0 Å². The Labute approximate surface area is 259 Å². The number of ether oxygens (including phenoxy) is 5. The first-order valence-corrected chi connectivity index (χ1v) is 13.9. The summed E-state index contributed by atoms with van der Waals surface area (Å²) >= 11 is 0. The van der Waals surface area contributed by atoms with E-state index < -0.39 is 97.0 Å². The molecule has 5 rings (SSSR count). The Morgan fingerprint density at radius 2 is 1.48 bits per heavy atom. The van der Waals surface area contributed by atoms with E-state index in [-0.39, 0.29) is 33.8 Å². The lowest BCUT2D eigenvalue weighted by atomic mass is 9.98. The van der Waals surface area contributed by atoms with Crippen LogP contribution in [0.1, 0.15) is 13.8 Å². The summed E-state index contributed by atoms with van der Waals surface area (Å²) < 4.78 is 33.6. The molecule has 17 nitrogen and oxygen atoms in total. The zero-order chi connectivity index (χ0) is 33.6. The van der Waals surface area contributed by atoms with Crippen molar-refractivity contribution in [3.05, 3.63) is 30.3 Å². The largest absolute Gasteiger partial charge is 0.507 e. The smallest absolute Gasteiger partial charge is 0.402 e. The molecule has 0 bridgehead atoms. The summed E-state index contributed by atoms with van der Waals surface area (Å²) in [4.78, 5) is 11.6. The van der Waals surface area contributed by atoms with Crippen molar-refractivity contribution >= 4 is 16.9 Å². The van der Waals surface area contributed by atoms with E-state index >= 15 is 0 Å². The number of aromatic hydroxyl groups is 5. The maximum atomic E-state index is 11.6. The summed E-state index contributed by atoms with van der Waals surface area (Å²) in [5, 5.41) is 103. The molecule has 10 unspecified atom stereocenters. The van der Waals surface area contributed by atoms with Crippen molar-refractivity contribution < 1.29 is 84.0 Å². The second kappa shape index (κ2) is 12.9. The van der Waals surface area contributed by atoms with Crippen molar-refractivity contribution in [2.45, 2.75) is 75.3 Å². The SMILES string of the molecule is CC(=O)OC1C(OCC2OC(Oc3cc4c(O)cc(O)cc4[o+]c3-c3cc(O)c(O)c(O)c3)C(O)C(O)C2O)OC(C)C(O)C1O. The van der Waals surface area contributed by atoms with Gasteiger partial charge in [-0.2, -0.15) is 0 Å². The number of hydrogen-bond donors (Lipinski definition) is 10. The molecule has 2 fully saturated rings. The highest BCUT2D eigenvalue weighted by molar-refractivity contribution is 5.88. The van der Waals surface area contributed by atoms with E-state index in [1.165, 1.54) is 13.0 Å². The molecule has 2 aromatic carbocycles. The second-order valence-corrected chi connectivity index (χ2v) is 10.9. The van der Waals surface area contributed by atoms with Crippen molar-refractivity contribution in [2.75, 3.05) is 6.61 Å². The lowest BCUT2D eigenvalue weighted by Gasteiger charge is -2.43. The number of hydrogen-bond acceptors (Lipinski definition) is 16. The van der Waals surface area contributed by atoms with Crippen LogP contribution in [0.5, 0.6) is 34.5 Å². The van der Waals surface area contributed by atoms with Crippen LogP contribution in [-0.4, -0.2) is 125 Å². The highest BCUT2D eigenvalue weighted by Crippen LogP contribution is 2.45. The van der Waals surface area contributed by atoms with Gasteiger partial charge in [-0.3, -0.25) is 4.79 Å². The van der Waals surface area contributed by atoms with Crippen LogP contribution in [0.4, 0.5) is 0 Å². The molecule has 0 amide bonds. The summed E-state index contributed by atoms with van der Waals surface area (Å²) in [5.41, 5.74) is -0.172. The van der Waals surface area contributed by atoms with Crippen LogP contribution in [-0.2, 0) is 23.7 Å². The average molecular weight is 654 g/mol. The van der Waals surface area contributed by atoms with E-state index in [2.05, 4.69) is 0 Å². The number of fused-ring (bicyclic) bond motifs is 1. The van der Waals surface area contributed by atoms with Crippen LogP contribution in [0, 0.1) is 0 Å². The van der Waals surface area contributed by atoms with E-state index in [1.54, 1.807) is 0 Å². The third-order valence-electron chi connectivity index (χ3n) is 7.57. The Morgan fingerprint density at radius 3 is 2.13 bits per heavy atom. The van der Waals surface area contributed by atoms with Crippen molar-refractivity contribution in [2.24, 2.45) is 0 Å². The van der Waals surface area contributed by atoms with E-state index in [0.717, 1.165) is 31.2 Å². The maximum absolute atomic E-state index is 11.6. The van der Waals surface area contributed by atoms with Gasteiger partial charge in [0, 0.05) is 31.2 Å². The zero-order valence-electron chi connectivity index (χ0n) is 24.2. The Morgan fingerprint density at radius 1 is 0.804 bits per heavy atom. The Hall–Kier alpha value is -4.20. The Balaban J connectivity index is 1.45. The molecular weight excluding hydrogens is 620 g/mol. The fourth-order valence-electron chi connectivity index (χ4n) is 5.13. The average Bonchev–Trinajstić information content (AvgIpc) is 2.99. The van der Waals surface area contributed by atoms with Crippen LogP contribution in [0.2, 0.25) is 0 Å². The molecule has 2 aliphatic rings. The van der Waals surface area contributed by atoms with Crippen molar-refractivity contribution in [3.63, 3.8) is 0 Å². The molecule has 0 radical (unpaired) electrons. The molecule has 0 aliphatic carbocycles. The lowest BCUT2D eigenvalue weighted by Crippen LogP contribution is -2.62. The zero-order valence-corrected chi connectivity index (χ0v) is 24.2. The molecule has 2 saturated heterocycles. The van der Waals surface area contributed by atoms with Gasteiger partial charge < -0.3 is 74.7 Å². The summed E-state index contributed by atoms with van der Waals surface area (Å²) in [6, 6.07) is 5.36. The molecular formula is C29H33O17+. The van der Waals surface area contributed by atoms with Crippen LogP contribution in [0.3, 0.4) is 0 Å². The highest BCUT2D eigenvalue weighted by atomic mass is 16.7. The third kappa shape index (κ3) is 6.39. The van der Waals surface area contributed by atoms with Gasteiger partial charge in [0.2, 0.25) is 12.0 Å². The van der Waals surface area contributed by atoms with E-state index in [4.69, 9.17) is 28.1 Å². The third-order valence-corrected chi connectivity index (χ3v) is 7.57. The van der Waals surface area contributed by atoms with Gasteiger partial charge >= 0.3 is 17.3 Å². The molecule has 10 N–H and O–H groups in total. The molecule has 10 atom stereocenters. The fraction of sp³-hybridized carbons (Fsp3) is 0.448. The number of esters is 1. The van der Waals surface area contributed by atoms with Gasteiger partial charge in [0.15, 0.2) is 29.6 Å². The van der Waals surface area contributed by atoms with Crippen LogP contribution >= 0.6 is 0 Å². The van der Waals surface area contributed by atoms with E-state index in [1.807, 2.05) is 0 Å². The first-order valence-electron chi connectivity index (χ1n) is 13.9. The van der Waals surface area contributed by atoms with Gasteiger partial charge in [-0.1, -0.05) is 0 Å². The minimum Gasteiger partial charge on any atom is -0.507 e. The van der Waals surface area contributed by atoms with Crippen molar-refractivity contribution in [1.82, 2.24) is 0 Å². The molecule has 3 aromatic rings. The van der Waals surface area contributed by atoms with E-state index in [0.29, 0.717) is 0 Å². The van der Waals surface area contributed by atoms with Crippen LogP contribution in [0.25, 0.3) is 22.3 Å². The molecule has 0 spiro atoms. The number of rotatable bonds is 7. The normalized spacial score (nSPS) is 31.5. The fourth-order valence-corrected chi connectivity index (χ4v) is 5.13. The number of carbonyl (C=O) groups excluding carboxylic acids is 1. The van der Waals surface area contributed by atoms with Crippen molar-refractivity contribution in [3.8, 4) is 45.8 Å². The molecule has 46 heavy (non-hydrogen) atoms. The highest BCUT2D eigenvalue weighted by Gasteiger charge is 2.49. The molecule has 3 heterocycles. The second-order valence-electron chi connectivity index (χ2n) is 10.9. The minimum absolute atomic E-state index is 0.00429. The lowest BCUT2D eigenvalue weighted by molar-refractivity contribution is -0.320. The Kier molecular flexibility index (Phi) is 9.30. The van der Waals surface area contributed by atoms with Gasteiger partial charge in [-0.05, 0) is 6.92 Å². The van der Waals surface area contributed by atoms with Gasteiger partial charge in [-0.25, -0.2) is 4.42 Å². The summed E-state index contributed by atoms with van der Waals surface area (Å²) in [5.74, 6) is -4.53. The molecule has 1 aromatic heterocycles. The quantitative estimate of drug-likeness (QED) is 0.0875. The van der Waals surface area contributed by atoms with Crippen LogP contribution < -0.4 is 4.74 Å². The predicted molar refractivity (Wildman–Crippen MR) is 150 cm³/mol. The van der Waals surface area contributed by atoms with E-state index in [9.17, 15) is 55.9 Å². The number of benzene rings is 2. The maximum Gasteiger partial charge on any atom is 0.402 e. The topological polar surface area (TPSA) is 277 Å². The molecule has 17 heteroatoms. The summed E-state index contributed by atoms with van der Waals surface area (Å²) in [6.45, 7) is 1.92. The minimum atomic E-state index is -1.90. The number of phenols is 5.